The number of carbonyl (C=O) groups is 2. The van der Waals surface area contributed by atoms with Crippen molar-refractivity contribution in [2.75, 3.05) is 6.61 Å². The molecule has 0 heterocycles. The second-order valence-corrected chi connectivity index (χ2v) is 4.55. The standard InChI is InChI=1S/C14H16O4/c15-13-7-2-1-4-11(13)9-18-12-6-3-5-10(8-12)14(16)17/h3,5-6,8,11H,1-2,4,7,9H2,(H,16,17). The molecule has 0 spiro atoms. The van der Waals surface area contributed by atoms with Crippen molar-refractivity contribution in [1.82, 2.24) is 0 Å². The van der Waals surface area contributed by atoms with Gasteiger partial charge < -0.3 is 9.84 Å². The van der Waals surface area contributed by atoms with Crippen LogP contribution in [0.4, 0.5) is 0 Å². The molecule has 0 aliphatic heterocycles. The van der Waals surface area contributed by atoms with Crippen molar-refractivity contribution in [2.24, 2.45) is 5.92 Å². The van der Waals surface area contributed by atoms with E-state index in [9.17, 15) is 9.59 Å². The Labute approximate surface area is 106 Å². The molecule has 4 nitrogen and oxygen atoms in total. The fourth-order valence-electron chi connectivity index (χ4n) is 2.15. The minimum atomic E-state index is -0.978. The highest BCUT2D eigenvalue weighted by molar-refractivity contribution is 5.88. The van der Waals surface area contributed by atoms with Gasteiger partial charge in [-0.3, -0.25) is 4.79 Å². The molecule has 1 atom stereocenters. The van der Waals surface area contributed by atoms with Gasteiger partial charge in [-0.1, -0.05) is 12.5 Å². The Morgan fingerprint density at radius 2 is 2.22 bits per heavy atom. The quantitative estimate of drug-likeness (QED) is 0.889. The monoisotopic (exact) mass is 248 g/mol. The van der Waals surface area contributed by atoms with Crippen molar-refractivity contribution in [2.45, 2.75) is 25.7 Å². The Kier molecular flexibility index (Phi) is 3.97. The molecule has 1 unspecified atom stereocenters. The molecule has 1 aliphatic rings. The van der Waals surface area contributed by atoms with Crippen molar-refractivity contribution < 1.29 is 19.4 Å². The summed E-state index contributed by atoms with van der Waals surface area (Å²) >= 11 is 0. The van der Waals surface area contributed by atoms with Crippen molar-refractivity contribution in [1.29, 1.82) is 0 Å². The Morgan fingerprint density at radius 1 is 1.39 bits per heavy atom. The number of benzene rings is 1. The summed E-state index contributed by atoms with van der Waals surface area (Å²) in [5.74, 6) is -0.245. The van der Waals surface area contributed by atoms with Crippen LogP contribution in [0.1, 0.15) is 36.0 Å². The molecule has 0 aromatic heterocycles. The smallest absolute Gasteiger partial charge is 0.335 e. The van der Waals surface area contributed by atoms with Crippen LogP contribution in [-0.4, -0.2) is 23.5 Å². The number of hydrogen-bond donors (Lipinski definition) is 1. The number of ketones is 1. The molecule has 0 amide bonds. The highest BCUT2D eigenvalue weighted by Crippen LogP contribution is 2.22. The van der Waals surface area contributed by atoms with Gasteiger partial charge in [-0.05, 0) is 31.0 Å². The highest BCUT2D eigenvalue weighted by atomic mass is 16.5. The minimum Gasteiger partial charge on any atom is -0.493 e. The van der Waals surface area contributed by atoms with E-state index in [4.69, 9.17) is 9.84 Å². The summed E-state index contributed by atoms with van der Waals surface area (Å²) in [5.41, 5.74) is 0.197. The molecule has 96 valence electrons. The summed E-state index contributed by atoms with van der Waals surface area (Å²) in [5, 5.41) is 8.86. The van der Waals surface area contributed by atoms with Gasteiger partial charge in [0.1, 0.15) is 11.5 Å². The van der Waals surface area contributed by atoms with Gasteiger partial charge in [-0.2, -0.15) is 0 Å². The number of aromatic carboxylic acids is 1. The van der Waals surface area contributed by atoms with E-state index in [1.54, 1.807) is 12.1 Å². The summed E-state index contributed by atoms with van der Waals surface area (Å²) in [6, 6.07) is 6.35. The van der Waals surface area contributed by atoms with Gasteiger partial charge in [-0.25, -0.2) is 4.79 Å². The lowest BCUT2D eigenvalue weighted by molar-refractivity contribution is -0.125. The van der Waals surface area contributed by atoms with E-state index in [-0.39, 0.29) is 17.3 Å². The van der Waals surface area contributed by atoms with E-state index >= 15 is 0 Å². The third-order valence-corrected chi connectivity index (χ3v) is 3.21. The molecule has 4 heteroatoms. The molecule has 0 radical (unpaired) electrons. The zero-order chi connectivity index (χ0) is 13.0. The topological polar surface area (TPSA) is 63.6 Å². The van der Waals surface area contributed by atoms with E-state index in [0.29, 0.717) is 18.8 Å². The normalized spacial score (nSPS) is 19.6. The van der Waals surface area contributed by atoms with Gasteiger partial charge in [-0.15, -0.1) is 0 Å². The average Bonchev–Trinajstić information content (AvgIpc) is 2.38. The molecule has 1 fully saturated rings. The van der Waals surface area contributed by atoms with Crippen molar-refractivity contribution in [3.05, 3.63) is 29.8 Å². The van der Waals surface area contributed by atoms with E-state index in [1.165, 1.54) is 12.1 Å². The Bertz CT molecular complexity index is 453. The molecule has 18 heavy (non-hydrogen) atoms. The summed E-state index contributed by atoms with van der Waals surface area (Å²) in [7, 11) is 0. The maximum atomic E-state index is 11.6. The predicted molar refractivity (Wildman–Crippen MR) is 65.9 cm³/mol. The zero-order valence-corrected chi connectivity index (χ0v) is 10.1. The number of hydrogen-bond acceptors (Lipinski definition) is 3. The fraction of sp³-hybridized carbons (Fsp3) is 0.429. The van der Waals surface area contributed by atoms with Gasteiger partial charge in [0.25, 0.3) is 0 Å². The molecule has 0 saturated heterocycles. The van der Waals surface area contributed by atoms with Crippen LogP contribution in [0, 0.1) is 5.92 Å². The number of carboxylic acids is 1. The molecule has 1 aromatic carbocycles. The first-order valence-corrected chi connectivity index (χ1v) is 6.15. The van der Waals surface area contributed by atoms with Crippen LogP contribution in [0.2, 0.25) is 0 Å². The average molecular weight is 248 g/mol. The van der Waals surface area contributed by atoms with Gasteiger partial charge >= 0.3 is 5.97 Å². The van der Waals surface area contributed by atoms with E-state index in [1.807, 2.05) is 0 Å². The molecule has 1 saturated carbocycles. The minimum absolute atomic E-state index is 0.0350. The molecular formula is C14H16O4. The van der Waals surface area contributed by atoms with Gasteiger partial charge in [0.15, 0.2) is 0 Å². The first kappa shape index (κ1) is 12.6. The van der Waals surface area contributed by atoms with Gasteiger partial charge in [0, 0.05) is 6.42 Å². The largest absolute Gasteiger partial charge is 0.493 e. The Morgan fingerprint density at radius 3 is 2.94 bits per heavy atom. The predicted octanol–water partition coefficient (Wildman–Crippen LogP) is 2.52. The van der Waals surface area contributed by atoms with Gasteiger partial charge in [0.2, 0.25) is 0 Å². The van der Waals surface area contributed by atoms with Crippen LogP contribution in [0.3, 0.4) is 0 Å². The third kappa shape index (κ3) is 3.09. The lowest BCUT2D eigenvalue weighted by atomic mass is 9.89. The first-order chi connectivity index (χ1) is 8.66. The Hall–Kier alpha value is -1.84. The molecule has 1 aliphatic carbocycles. The molecule has 0 bridgehead atoms. The summed E-state index contributed by atoms with van der Waals surface area (Å²) < 4.78 is 5.52. The van der Waals surface area contributed by atoms with E-state index in [0.717, 1.165) is 19.3 Å². The van der Waals surface area contributed by atoms with Crippen LogP contribution in [0.15, 0.2) is 24.3 Å². The zero-order valence-electron chi connectivity index (χ0n) is 10.1. The lowest BCUT2D eigenvalue weighted by Crippen LogP contribution is -2.25. The fourth-order valence-corrected chi connectivity index (χ4v) is 2.15. The van der Waals surface area contributed by atoms with Crippen LogP contribution >= 0.6 is 0 Å². The van der Waals surface area contributed by atoms with Crippen LogP contribution in [0.5, 0.6) is 5.75 Å². The molecular weight excluding hydrogens is 232 g/mol. The second kappa shape index (κ2) is 5.67. The van der Waals surface area contributed by atoms with Gasteiger partial charge in [0.05, 0.1) is 18.1 Å². The summed E-state index contributed by atoms with van der Waals surface area (Å²) in [4.78, 5) is 22.4. The molecule has 1 N–H and O–H groups in total. The molecule has 2 rings (SSSR count). The van der Waals surface area contributed by atoms with Crippen molar-refractivity contribution in [3.63, 3.8) is 0 Å². The number of rotatable bonds is 4. The van der Waals surface area contributed by atoms with Crippen LogP contribution < -0.4 is 4.74 Å². The number of carbonyl (C=O) groups excluding carboxylic acids is 1. The lowest BCUT2D eigenvalue weighted by Gasteiger charge is -2.20. The third-order valence-electron chi connectivity index (χ3n) is 3.21. The van der Waals surface area contributed by atoms with E-state index in [2.05, 4.69) is 0 Å². The number of carboxylic acid groups (broad SMARTS) is 1. The first-order valence-electron chi connectivity index (χ1n) is 6.15. The van der Waals surface area contributed by atoms with E-state index < -0.39 is 5.97 Å². The SMILES string of the molecule is O=C(O)c1cccc(OCC2CCCCC2=O)c1. The van der Waals surface area contributed by atoms with Crippen LogP contribution in [0.25, 0.3) is 0 Å². The second-order valence-electron chi connectivity index (χ2n) is 4.55. The maximum absolute atomic E-state index is 11.6. The Balaban J connectivity index is 1.95. The number of ether oxygens (including phenoxy) is 1. The summed E-state index contributed by atoms with van der Waals surface area (Å²) in [6.07, 6.45) is 3.55. The van der Waals surface area contributed by atoms with Crippen LogP contribution in [-0.2, 0) is 4.79 Å². The van der Waals surface area contributed by atoms with Crippen molar-refractivity contribution in [3.8, 4) is 5.75 Å². The molecule has 1 aromatic rings. The highest BCUT2D eigenvalue weighted by Gasteiger charge is 2.22. The van der Waals surface area contributed by atoms with Crippen molar-refractivity contribution >= 4 is 11.8 Å². The number of Topliss-reactive ketones (excluding diaryl/α,β-unsaturated/α-hetero) is 1. The summed E-state index contributed by atoms with van der Waals surface area (Å²) in [6.45, 7) is 0.349. The maximum Gasteiger partial charge on any atom is 0.335 e.